The van der Waals surface area contributed by atoms with E-state index in [4.69, 9.17) is 0 Å². The Balaban J connectivity index is 1.37. The van der Waals surface area contributed by atoms with Crippen LogP contribution in [-0.2, 0) is 6.54 Å². The Hall–Kier alpha value is -2.94. The van der Waals surface area contributed by atoms with Crippen molar-refractivity contribution in [3.63, 3.8) is 0 Å². The lowest BCUT2D eigenvalue weighted by atomic mass is 9.90. The van der Waals surface area contributed by atoms with Crippen LogP contribution in [0.1, 0.15) is 41.1 Å². The number of anilines is 1. The Labute approximate surface area is 176 Å². The first-order valence-electron chi connectivity index (χ1n) is 10.8. The minimum Gasteiger partial charge on any atom is -0.368 e. The average Bonchev–Trinajstić information content (AvgIpc) is 3.10. The molecule has 5 nitrogen and oxygen atoms in total. The third kappa shape index (κ3) is 2.64. The van der Waals surface area contributed by atoms with Crippen LogP contribution < -0.4 is 10.2 Å². The number of benzene rings is 2. The normalized spacial score (nSPS) is 23.7. The van der Waals surface area contributed by atoms with E-state index >= 15 is 0 Å². The lowest BCUT2D eigenvalue weighted by Gasteiger charge is -2.44. The Morgan fingerprint density at radius 3 is 2.83 bits per heavy atom. The van der Waals surface area contributed by atoms with Gasteiger partial charge in [-0.2, -0.15) is 5.26 Å². The smallest absolute Gasteiger partial charge is 0.101 e. The van der Waals surface area contributed by atoms with Crippen LogP contribution in [0.4, 0.5) is 5.69 Å². The van der Waals surface area contributed by atoms with Gasteiger partial charge >= 0.3 is 0 Å². The largest absolute Gasteiger partial charge is 0.368 e. The summed E-state index contributed by atoms with van der Waals surface area (Å²) >= 11 is 0. The van der Waals surface area contributed by atoms with E-state index in [-0.39, 0.29) is 0 Å². The number of rotatable bonds is 2. The molecule has 4 heterocycles. The van der Waals surface area contributed by atoms with E-state index in [0.717, 1.165) is 43.6 Å². The number of pyridine rings is 1. The number of nitrogens with one attached hydrogen (secondary N) is 1. The molecule has 1 N–H and O–H groups in total. The summed E-state index contributed by atoms with van der Waals surface area (Å²) in [4.78, 5) is 9.66. The quantitative estimate of drug-likeness (QED) is 0.719. The summed E-state index contributed by atoms with van der Waals surface area (Å²) in [5.74, 6) is 0.680. The van der Waals surface area contributed by atoms with E-state index in [1.807, 2.05) is 12.1 Å². The highest BCUT2D eigenvalue weighted by Gasteiger charge is 2.39. The zero-order chi connectivity index (χ0) is 20.2. The SMILES string of the molecule is C[C@@H]1CN(c2ccc(C#N)c3ncccc23)C[C@@H]2c3ccc(C4CNC4)cc3CN12. The van der Waals surface area contributed by atoms with Crippen LogP contribution in [0.25, 0.3) is 10.9 Å². The second-order valence-electron chi connectivity index (χ2n) is 8.90. The molecular weight excluding hydrogens is 370 g/mol. The summed E-state index contributed by atoms with van der Waals surface area (Å²) < 4.78 is 0. The number of aromatic nitrogens is 1. The molecule has 6 rings (SSSR count). The summed E-state index contributed by atoms with van der Waals surface area (Å²) in [7, 11) is 0. The second-order valence-corrected chi connectivity index (χ2v) is 8.90. The number of nitrogens with zero attached hydrogens (tertiary/aromatic N) is 4. The molecule has 30 heavy (non-hydrogen) atoms. The molecule has 0 saturated carbocycles. The number of hydrogen-bond donors (Lipinski definition) is 1. The highest BCUT2D eigenvalue weighted by Crippen LogP contribution is 2.42. The predicted molar refractivity (Wildman–Crippen MR) is 118 cm³/mol. The van der Waals surface area contributed by atoms with Gasteiger partial charge in [-0.25, -0.2) is 0 Å². The Morgan fingerprint density at radius 1 is 1.13 bits per heavy atom. The van der Waals surface area contributed by atoms with Crippen molar-refractivity contribution in [1.82, 2.24) is 15.2 Å². The monoisotopic (exact) mass is 395 g/mol. The lowest BCUT2D eigenvalue weighted by Crippen LogP contribution is -2.51. The maximum atomic E-state index is 9.48. The van der Waals surface area contributed by atoms with Crippen LogP contribution in [0.15, 0.2) is 48.7 Å². The Bertz CT molecular complexity index is 1180. The van der Waals surface area contributed by atoms with Crippen molar-refractivity contribution in [3.05, 3.63) is 70.9 Å². The molecule has 3 aromatic rings. The molecule has 2 aromatic carbocycles. The molecule has 0 radical (unpaired) electrons. The van der Waals surface area contributed by atoms with Gasteiger partial charge in [-0.15, -0.1) is 0 Å². The molecule has 0 aliphatic carbocycles. The number of nitriles is 1. The van der Waals surface area contributed by atoms with Gasteiger partial charge in [0, 0.05) is 62.0 Å². The van der Waals surface area contributed by atoms with Crippen molar-refractivity contribution in [2.75, 3.05) is 31.1 Å². The molecule has 5 heteroatoms. The Morgan fingerprint density at radius 2 is 2.03 bits per heavy atom. The van der Waals surface area contributed by atoms with Crippen LogP contribution in [0.2, 0.25) is 0 Å². The lowest BCUT2D eigenvalue weighted by molar-refractivity contribution is 0.134. The molecule has 2 fully saturated rings. The average molecular weight is 396 g/mol. The van der Waals surface area contributed by atoms with Gasteiger partial charge in [-0.05, 0) is 47.9 Å². The van der Waals surface area contributed by atoms with Crippen LogP contribution >= 0.6 is 0 Å². The van der Waals surface area contributed by atoms with Crippen molar-refractivity contribution in [3.8, 4) is 6.07 Å². The van der Waals surface area contributed by atoms with Gasteiger partial charge in [0.15, 0.2) is 0 Å². The van der Waals surface area contributed by atoms with Crippen LogP contribution in [0.5, 0.6) is 0 Å². The highest BCUT2D eigenvalue weighted by atomic mass is 15.3. The summed E-state index contributed by atoms with van der Waals surface area (Å²) in [6, 6.07) is 18.4. The summed E-state index contributed by atoms with van der Waals surface area (Å²) in [6.07, 6.45) is 1.77. The van der Waals surface area contributed by atoms with E-state index in [2.05, 4.69) is 63.4 Å². The molecule has 0 amide bonds. The van der Waals surface area contributed by atoms with Crippen molar-refractivity contribution in [2.45, 2.75) is 31.5 Å². The molecule has 150 valence electrons. The van der Waals surface area contributed by atoms with Gasteiger partial charge in [0.1, 0.15) is 6.07 Å². The van der Waals surface area contributed by atoms with Gasteiger partial charge in [0.05, 0.1) is 17.1 Å². The number of hydrogen-bond acceptors (Lipinski definition) is 5. The van der Waals surface area contributed by atoms with Gasteiger partial charge in [0.25, 0.3) is 0 Å². The second kappa shape index (κ2) is 6.80. The molecule has 0 unspecified atom stereocenters. The highest BCUT2D eigenvalue weighted by molar-refractivity contribution is 5.95. The fourth-order valence-corrected chi connectivity index (χ4v) is 5.45. The third-order valence-electron chi connectivity index (χ3n) is 7.18. The molecule has 2 atom stereocenters. The first-order chi connectivity index (χ1) is 14.7. The number of fused-ring (bicyclic) bond motifs is 4. The zero-order valence-electron chi connectivity index (χ0n) is 17.2. The van der Waals surface area contributed by atoms with E-state index < -0.39 is 0 Å². The van der Waals surface area contributed by atoms with Crippen molar-refractivity contribution < 1.29 is 0 Å². The maximum absolute atomic E-state index is 9.48. The fourth-order valence-electron chi connectivity index (χ4n) is 5.45. The molecule has 0 bridgehead atoms. The van der Waals surface area contributed by atoms with E-state index in [1.54, 1.807) is 6.20 Å². The maximum Gasteiger partial charge on any atom is 0.101 e. The van der Waals surface area contributed by atoms with Gasteiger partial charge < -0.3 is 10.2 Å². The first-order valence-corrected chi connectivity index (χ1v) is 10.8. The standard InChI is InChI=1S/C25H25N5/c1-16-13-29(23-7-5-18(10-26)25-22(23)3-2-8-28-25)15-24-21-6-4-17(20-11-27-12-20)9-19(21)14-30(16)24/h2-9,16,20,24,27H,11-15H2,1H3/t16-,24-/m1/s1. The molecule has 2 saturated heterocycles. The Kier molecular flexibility index (Phi) is 4.05. The van der Waals surface area contributed by atoms with Gasteiger partial charge in [-0.3, -0.25) is 9.88 Å². The minimum absolute atomic E-state index is 0.416. The summed E-state index contributed by atoms with van der Waals surface area (Å²) in [5.41, 5.74) is 7.11. The predicted octanol–water partition coefficient (Wildman–Crippen LogP) is 3.56. The molecule has 0 spiro atoms. The number of piperazine rings is 1. The van der Waals surface area contributed by atoms with Gasteiger partial charge in [-0.1, -0.05) is 18.2 Å². The van der Waals surface area contributed by atoms with Crippen LogP contribution in [0.3, 0.4) is 0 Å². The molecule has 3 aliphatic rings. The minimum atomic E-state index is 0.416. The molecular formula is C25H25N5. The zero-order valence-corrected chi connectivity index (χ0v) is 17.2. The van der Waals surface area contributed by atoms with E-state index in [1.165, 1.54) is 22.4 Å². The summed E-state index contributed by atoms with van der Waals surface area (Å²) in [6.45, 7) is 7.56. The summed E-state index contributed by atoms with van der Waals surface area (Å²) in [5, 5.41) is 13.9. The first kappa shape index (κ1) is 17.9. The van der Waals surface area contributed by atoms with Crippen molar-refractivity contribution >= 4 is 16.6 Å². The van der Waals surface area contributed by atoms with E-state index in [0.29, 0.717) is 23.6 Å². The van der Waals surface area contributed by atoms with Crippen LogP contribution in [0, 0.1) is 11.3 Å². The molecule has 1 aromatic heterocycles. The van der Waals surface area contributed by atoms with Crippen molar-refractivity contribution in [2.24, 2.45) is 0 Å². The van der Waals surface area contributed by atoms with Gasteiger partial charge in [0.2, 0.25) is 0 Å². The van der Waals surface area contributed by atoms with E-state index in [9.17, 15) is 5.26 Å². The van der Waals surface area contributed by atoms with Crippen LogP contribution in [-0.4, -0.2) is 42.1 Å². The fraction of sp³-hybridized carbons (Fsp3) is 0.360. The topological polar surface area (TPSA) is 55.2 Å². The molecule has 3 aliphatic heterocycles. The van der Waals surface area contributed by atoms with Crippen molar-refractivity contribution in [1.29, 1.82) is 5.26 Å². The third-order valence-corrected chi connectivity index (χ3v) is 7.18.